The van der Waals surface area contributed by atoms with E-state index in [1.165, 1.54) is 0 Å². The zero-order valence-electron chi connectivity index (χ0n) is 21.9. The first-order valence-electron chi connectivity index (χ1n) is 13.2. The summed E-state index contributed by atoms with van der Waals surface area (Å²) in [5.41, 5.74) is 4.28. The molecule has 40 heavy (non-hydrogen) atoms. The number of esters is 1. The Labute approximate surface area is 231 Å². The van der Waals surface area contributed by atoms with Gasteiger partial charge in [-0.3, -0.25) is 0 Å². The van der Waals surface area contributed by atoms with E-state index in [0.29, 0.717) is 81.8 Å². The average molecular weight is 540 g/mol. The molecule has 0 aliphatic carbocycles. The molecule has 2 aliphatic heterocycles. The Morgan fingerprint density at radius 3 is 2.10 bits per heavy atom. The van der Waals surface area contributed by atoms with Gasteiger partial charge in [-0.05, 0) is 46.7 Å². The highest BCUT2D eigenvalue weighted by atomic mass is 16.5. The van der Waals surface area contributed by atoms with Gasteiger partial charge in [0.15, 0.2) is 0 Å². The second-order valence-corrected chi connectivity index (χ2v) is 9.31. The Kier molecular flexibility index (Phi) is 7.73. The molecule has 204 valence electrons. The molecule has 3 heterocycles. The second kappa shape index (κ2) is 12.1. The van der Waals surface area contributed by atoms with Gasteiger partial charge >= 0.3 is 5.97 Å². The van der Waals surface area contributed by atoms with Crippen LogP contribution in [-0.4, -0.2) is 79.7 Å². The number of carbonyl (C=O) groups is 1. The molecular formula is C29H29N7O4. The quantitative estimate of drug-likeness (QED) is 0.162. The maximum Gasteiger partial charge on any atom is 0.344 e. The van der Waals surface area contributed by atoms with Crippen molar-refractivity contribution in [2.75, 3.05) is 67.8 Å². The largest absolute Gasteiger partial charge is 0.423 e. The molecule has 1 N–H and O–H groups in total. The number of benzene rings is 3. The van der Waals surface area contributed by atoms with Crippen LogP contribution in [0.25, 0.3) is 10.8 Å². The molecular weight excluding hydrogens is 510 g/mol. The Morgan fingerprint density at radius 1 is 0.800 bits per heavy atom. The average Bonchev–Trinajstić information content (AvgIpc) is 3.02. The first kappa shape index (κ1) is 25.7. The Bertz CT molecular complexity index is 1460. The number of anilines is 3. The number of carbonyl (C=O) groups excluding carboxylic acids is 1. The van der Waals surface area contributed by atoms with Crippen LogP contribution < -0.4 is 20.0 Å². The molecule has 0 bridgehead atoms. The molecule has 0 spiro atoms. The van der Waals surface area contributed by atoms with Crippen LogP contribution in [0.1, 0.15) is 15.9 Å². The van der Waals surface area contributed by atoms with Crippen molar-refractivity contribution in [3.05, 3.63) is 77.9 Å². The number of rotatable bonds is 7. The summed E-state index contributed by atoms with van der Waals surface area (Å²) in [5, 5.41) is 6.18. The SMILES string of the molecule is O=C(Oc1ccc(C=NNc2nc(N3CCOCC3)nc(N3CCOCC3)n2)cc1)c1cccc2ccccc12. The lowest BCUT2D eigenvalue weighted by Gasteiger charge is -2.30. The number of aromatic nitrogens is 3. The molecule has 0 atom stereocenters. The van der Waals surface area contributed by atoms with Gasteiger partial charge in [-0.15, -0.1) is 0 Å². The van der Waals surface area contributed by atoms with Gasteiger partial charge in [-0.25, -0.2) is 10.2 Å². The molecule has 4 aromatic rings. The smallest absolute Gasteiger partial charge is 0.344 e. The summed E-state index contributed by atoms with van der Waals surface area (Å²) in [6.07, 6.45) is 1.66. The van der Waals surface area contributed by atoms with Gasteiger partial charge in [-0.2, -0.15) is 20.1 Å². The van der Waals surface area contributed by atoms with Crippen molar-refractivity contribution in [2.24, 2.45) is 5.10 Å². The van der Waals surface area contributed by atoms with E-state index in [1.807, 2.05) is 48.5 Å². The minimum absolute atomic E-state index is 0.356. The van der Waals surface area contributed by atoms with Crippen LogP contribution in [0.4, 0.5) is 17.8 Å². The highest BCUT2D eigenvalue weighted by Gasteiger charge is 2.20. The monoisotopic (exact) mass is 539 g/mol. The van der Waals surface area contributed by atoms with Crippen LogP contribution >= 0.6 is 0 Å². The number of nitrogens with one attached hydrogen (secondary N) is 1. The van der Waals surface area contributed by atoms with E-state index in [4.69, 9.17) is 19.2 Å². The Balaban J connectivity index is 1.13. The number of hydrazone groups is 1. The lowest BCUT2D eigenvalue weighted by atomic mass is 10.0. The molecule has 0 unspecified atom stereocenters. The van der Waals surface area contributed by atoms with Crippen molar-refractivity contribution in [3.63, 3.8) is 0 Å². The lowest BCUT2D eigenvalue weighted by molar-refractivity contribution is 0.0737. The zero-order chi connectivity index (χ0) is 27.1. The van der Waals surface area contributed by atoms with Crippen LogP contribution in [0.3, 0.4) is 0 Å². The highest BCUT2D eigenvalue weighted by Crippen LogP contribution is 2.22. The molecule has 2 aliphatic rings. The summed E-state index contributed by atoms with van der Waals surface area (Å²) in [7, 11) is 0. The van der Waals surface area contributed by atoms with Crippen molar-refractivity contribution >= 4 is 40.8 Å². The summed E-state index contributed by atoms with van der Waals surface area (Å²) >= 11 is 0. The maximum absolute atomic E-state index is 12.8. The molecule has 2 saturated heterocycles. The molecule has 11 nitrogen and oxygen atoms in total. The van der Waals surface area contributed by atoms with Crippen molar-refractivity contribution < 1.29 is 19.0 Å². The van der Waals surface area contributed by atoms with Crippen LogP contribution in [-0.2, 0) is 9.47 Å². The van der Waals surface area contributed by atoms with Gasteiger partial charge in [0.25, 0.3) is 0 Å². The van der Waals surface area contributed by atoms with E-state index in [1.54, 1.807) is 24.4 Å². The third-order valence-electron chi connectivity index (χ3n) is 6.68. The van der Waals surface area contributed by atoms with Crippen molar-refractivity contribution in [1.29, 1.82) is 0 Å². The molecule has 6 rings (SSSR count). The van der Waals surface area contributed by atoms with Crippen LogP contribution in [0, 0.1) is 0 Å². The molecule has 2 fully saturated rings. The summed E-state index contributed by atoms with van der Waals surface area (Å²) in [5.74, 6) is 1.59. The third-order valence-corrected chi connectivity index (χ3v) is 6.68. The maximum atomic E-state index is 12.8. The van der Waals surface area contributed by atoms with E-state index in [2.05, 4.69) is 30.3 Å². The van der Waals surface area contributed by atoms with Gasteiger partial charge < -0.3 is 24.0 Å². The Morgan fingerprint density at radius 2 is 1.43 bits per heavy atom. The number of hydrogen-bond donors (Lipinski definition) is 1. The summed E-state index contributed by atoms with van der Waals surface area (Å²) in [4.78, 5) is 30.9. The first-order valence-corrected chi connectivity index (χ1v) is 13.2. The van der Waals surface area contributed by atoms with Crippen molar-refractivity contribution in [3.8, 4) is 5.75 Å². The van der Waals surface area contributed by atoms with E-state index in [-0.39, 0.29) is 0 Å². The minimum Gasteiger partial charge on any atom is -0.423 e. The predicted octanol–water partition coefficient (Wildman–Crippen LogP) is 3.36. The second-order valence-electron chi connectivity index (χ2n) is 9.31. The summed E-state index contributed by atoms with van der Waals surface area (Å²) < 4.78 is 16.6. The van der Waals surface area contributed by atoms with Gasteiger partial charge in [0.05, 0.1) is 38.2 Å². The number of morpholine rings is 2. The normalized spacial score (nSPS) is 15.9. The molecule has 11 heteroatoms. The predicted molar refractivity (Wildman–Crippen MR) is 152 cm³/mol. The lowest BCUT2D eigenvalue weighted by Crippen LogP contribution is -2.40. The number of hydrogen-bond acceptors (Lipinski definition) is 11. The van der Waals surface area contributed by atoms with Gasteiger partial charge in [0, 0.05) is 26.2 Å². The number of ether oxygens (including phenoxy) is 3. The molecule has 3 aromatic carbocycles. The fraction of sp³-hybridized carbons (Fsp3) is 0.276. The molecule has 0 amide bonds. The van der Waals surface area contributed by atoms with E-state index in [0.717, 1.165) is 16.3 Å². The molecule has 0 saturated carbocycles. The Hall–Kier alpha value is -4.61. The van der Waals surface area contributed by atoms with Gasteiger partial charge in [0.2, 0.25) is 17.8 Å². The van der Waals surface area contributed by atoms with E-state index in [9.17, 15) is 4.79 Å². The fourth-order valence-electron chi connectivity index (χ4n) is 4.57. The third kappa shape index (κ3) is 6.00. The summed E-state index contributed by atoms with van der Waals surface area (Å²) in [6, 6.07) is 20.4. The van der Waals surface area contributed by atoms with E-state index >= 15 is 0 Å². The topological polar surface area (TPSA) is 114 Å². The summed E-state index contributed by atoms with van der Waals surface area (Å²) in [6.45, 7) is 5.39. The van der Waals surface area contributed by atoms with Crippen LogP contribution in [0.15, 0.2) is 71.8 Å². The van der Waals surface area contributed by atoms with Gasteiger partial charge in [-0.1, -0.05) is 36.4 Å². The fourth-order valence-corrected chi connectivity index (χ4v) is 4.57. The van der Waals surface area contributed by atoms with Crippen molar-refractivity contribution in [2.45, 2.75) is 0 Å². The minimum atomic E-state index is -0.401. The highest BCUT2D eigenvalue weighted by molar-refractivity contribution is 6.05. The molecule has 1 aromatic heterocycles. The van der Waals surface area contributed by atoms with E-state index < -0.39 is 5.97 Å². The zero-order valence-corrected chi connectivity index (χ0v) is 21.9. The number of fused-ring (bicyclic) bond motifs is 1. The van der Waals surface area contributed by atoms with Crippen molar-refractivity contribution in [1.82, 2.24) is 15.0 Å². The van der Waals surface area contributed by atoms with Crippen LogP contribution in [0.5, 0.6) is 5.75 Å². The standard InChI is InChI=1S/C29H29N7O4/c37-26(25-7-3-5-22-4-1-2-6-24(22)25)40-23-10-8-21(9-11-23)20-30-34-27-31-28(35-12-16-38-17-13-35)33-29(32-27)36-14-18-39-19-15-36/h1-11,20H,12-19H2,(H,31,32,33,34). The number of nitrogens with zero attached hydrogens (tertiary/aromatic N) is 6. The van der Waals surface area contributed by atoms with Crippen LogP contribution in [0.2, 0.25) is 0 Å². The molecule has 0 radical (unpaired) electrons. The van der Waals surface area contributed by atoms with Gasteiger partial charge in [0.1, 0.15) is 5.75 Å². The first-order chi connectivity index (χ1) is 19.7.